The summed E-state index contributed by atoms with van der Waals surface area (Å²) in [5, 5.41) is 11.5. The first-order chi connectivity index (χ1) is 9.60. The maximum Gasteiger partial charge on any atom is 0.190 e. The third-order valence-corrected chi connectivity index (χ3v) is 3.77. The quantitative estimate of drug-likeness (QED) is 0.357. The Bertz CT molecular complexity index is 452. The molecule has 1 aromatic rings. The van der Waals surface area contributed by atoms with Gasteiger partial charge in [0.05, 0.1) is 12.4 Å². The van der Waals surface area contributed by atoms with Gasteiger partial charge >= 0.3 is 0 Å². The zero-order valence-electron chi connectivity index (χ0n) is 12.0. The molecule has 20 heavy (non-hydrogen) atoms. The molecule has 1 aliphatic rings. The number of hydrogen-bond donors (Lipinski definition) is 2. The number of nitrogens with two attached hydrogens (primary N) is 1. The number of rotatable bonds is 4. The predicted octanol–water partition coefficient (Wildman–Crippen LogP) is 0.349. The summed E-state index contributed by atoms with van der Waals surface area (Å²) in [4.78, 5) is 12.9. The molecule has 1 aliphatic heterocycles. The number of aromatic nitrogens is 2. The van der Waals surface area contributed by atoms with Gasteiger partial charge < -0.3 is 20.7 Å². The molecule has 110 valence electrons. The zero-order chi connectivity index (χ0) is 14.5. The molecule has 2 rings (SSSR count). The molecule has 0 aromatic carbocycles. The third kappa shape index (κ3) is 3.57. The first-order valence-electron chi connectivity index (χ1n) is 6.79. The minimum atomic E-state index is -0.0259. The van der Waals surface area contributed by atoms with Crippen molar-refractivity contribution in [2.75, 3.05) is 38.6 Å². The summed E-state index contributed by atoms with van der Waals surface area (Å²) in [6.45, 7) is 3.30. The second-order valence-electron chi connectivity index (χ2n) is 5.37. The van der Waals surface area contributed by atoms with E-state index in [0.717, 1.165) is 25.5 Å². The SMILES string of the molecule is CN1CCC(CN(C)c2cnc(C(N)=NO)cn2)CC1. The van der Waals surface area contributed by atoms with Crippen molar-refractivity contribution in [2.24, 2.45) is 16.8 Å². The first-order valence-corrected chi connectivity index (χ1v) is 6.79. The van der Waals surface area contributed by atoms with E-state index < -0.39 is 0 Å². The molecule has 0 atom stereocenters. The summed E-state index contributed by atoms with van der Waals surface area (Å²) < 4.78 is 0. The average molecular weight is 278 g/mol. The van der Waals surface area contributed by atoms with E-state index in [1.54, 1.807) is 6.20 Å². The monoisotopic (exact) mass is 278 g/mol. The van der Waals surface area contributed by atoms with Crippen LogP contribution >= 0.6 is 0 Å². The Morgan fingerprint density at radius 1 is 1.45 bits per heavy atom. The summed E-state index contributed by atoms with van der Waals surface area (Å²) in [6, 6.07) is 0. The molecule has 0 aliphatic carbocycles. The molecule has 0 saturated carbocycles. The molecule has 0 bridgehead atoms. The van der Waals surface area contributed by atoms with E-state index in [4.69, 9.17) is 10.9 Å². The molecule has 7 heteroatoms. The highest BCUT2D eigenvalue weighted by Gasteiger charge is 2.18. The van der Waals surface area contributed by atoms with E-state index in [0.29, 0.717) is 11.6 Å². The van der Waals surface area contributed by atoms with Crippen LogP contribution in [0.4, 0.5) is 5.82 Å². The lowest BCUT2D eigenvalue weighted by Crippen LogP contribution is -2.36. The maximum atomic E-state index is 8.59. The molecule has 1 fully saturated rings. The fourth-order valence-electron chi connectivity index (χ4n) is 2.43. The van der Waals surface area contributed by atoms with E-state index >= 15 is 0 Å². The van der Waals surface area contributed by atoms with Crippen molar-refractivity contribution in [2.45, 2.75) is 12.8 Å². The molecule has 0 radical (unpaired) electrons. The standard InChI is InChI=1S/C13H22N6O/c1-18-5-3-10(4-6-18)9-19(2)12-8-15-11(7-16-12)13(14)17-20/h7-8,10,20H,3-6,9H2,1-2H3,(H2,14,17). The molecule has 0 unspecified atom stereocenters. The summed E-state index contributed by atoms with van der Waals surface area (Å²) >= 11 is 0. The number of oxime groups is 1. The number of likely N-dealkylation sites (tertiary alicyclic amines) is 1. The van der Waals surface area contributed by atoms with E-state index in [9.17, 15) is 0 Å². The molecular formula is C13H22N6O. The number of nitrogens with zero attached hydrogens (tertiary/aromatic N) is 5. The molecule has 0 spiro atoms. The fourth-order valence-corrected chi connectivity index (χ4v) is 2.43. The van der Waals surface area contributed by atoms with Crippen molar-refractivity contribution in [3.63, 3.8) is 0 Å². The van der Waals surface area contributed by atoms with Crippen molar-refractivity contribution in [1.29, 1.82) is 0 Å². The smallest absolute Gasteiger partial charge is 0.190 e. The van der Waals surface area contributed by atoms with Crippen LogP contribution in [0.2, 0.25) is 0 Å². The highest BCUT2D eigenvalue weighted by molar-refractivity contribution is 5.94. The Morgan fingerprint density at radius 2 is 2.15 bits per heavy atom. The van der Waals surface area contributed by atoms with Crippen LogP contribution in [-0.4, -0.2) is 59.6 Å². The predicted molar refractivity (Wildman–Crippen MR) is 78.0 cm³/mol. The number of anilines is 1. The molecule has 1 saturated heterocycles. The van der Waals surface area contributed by atoms with Crippen LogP contribution in [0.3, 0.4) is 0 Å². The van der Waals surface area contributed by atoms with Crippen LogP contribution < -0.4 is 10.6 Å². The Balaban J connectivity index is 1.94. The van der Waals surface area contributed by atoms with Crippen LogP contribution in [0.5, 0.6) is 0 Å². The average Bonchev–Trinajstić information content (AvgIpc) is 2.49. The number of hydrogen-bond acceptors (Lipinski definition) is 6. The van der Waals surface area contributed by atoms with E-state index in [-0.39, 0.29) is 5.84 Å². The van der Waals surface area contributed by atoms with Crippen molar-refractivity contribution in [3.8, 4) is 0 Å². The van der Waals surface area contributed by atoms with Crippen molar-refractivity contribution < 1.29 is 5.21 Å². The molecule has 2 heterocycles. The number of amidine groups is 1. The Morgan fingerprint density at radius 3 is 2.70 bits per heavy atom. The minimum absolute atomic E-state index is 0.0259. The van der Waals surface area contributed by atoms with Gasteiger partial charge in [-0.25, -0.2) is 9.97 Å². The van der Waals surface area contributed by atoms with Gasteiger partial charge in [0, 0.05) is 13.6 Å². The Labute approximate surface area is 119 Å². The molecule has 7 nitrogen and oxygen atoms in total. The van der Waals surface area contributed by atoms with Gasteiger partial charge in [-0.15, -0.1) is 0 Å². The second-order valence-corrected chi connectivity index (χ2v) is 5.37. The van der Waals surface area contributed by atoms with Gasteiger partial charge in [0.25, 0.3) is 0 Å². The van der Waals surface area contributed by atoms with Crippen LogP contribution in [0.1, 0.15) is 18.5 Å². The van der Waals surface area contributed by atoms with E-state index in [2.05, 4.69) is 32.0 Å². The topological polar surface area (TPSA) is 90.9 Å². The summed E-state index contributed by atoms with van der Waals surface area (Å²) in [5.74, 6) is 1.47. The van der Waals surface area contributed by atoms with E-state index in [1.165, 1.54) is 19.0 Å². The van der Waals surface area contributed by atoms with Gasteiger partial charge in [0.15, 0.2) is 5.84 Å². The first kappa shape index (κ1) is 14.5. The normalized spacial score (nSPS) is 18.2. The maximum absolute atomic E-state index is 8.59. The highest BCUT2D eigenvalue weighted by atomic mass is 16.4. The summed E-state index contributed by atoms with van der Waals surface area (Å²) in [7, 11) is 4.18. The molecule has 0 amide bonds. The zero-order valence-corrected chi connectivity index (χ0v) is 12.0. The minimum Gasteiger partial charge on any atom is -0.409 e. The lowest BCUT2D eigenvalue weighted by atomic mass is 9.97. The van der Waals surface area contributed by atoms with Gasteiger partial charge in [0.2, 0.25) is 0 Å². The van der Waals surface area contributed by atoms with Crippen LogP contribution in [-0.2, 0) is 0 Å². The lowest BCUT2D eigenvalue weighted by Gasteiger charge is -2.31. The van der Waals surface area contributed by atoms with Crippen LogP contribution in [0, 0.1) is 5.92 Å². The Hall–Kier alpha value is -1.89. The van der Waals surface area contributed by atoms with Crippen LogP contribution in [0.15, 0.2) is 17.5 Å². The fraction of sp³-hybridized carbons (Fsp3) is 0.615. The van der Waals surface area contributed by atoms with Crippen molar-refractivity contribution in [3.05, 3.63) is 18.1 Å². The van der Waals surface area contributed by atoms with Gasteiger partial charge in [-0.3, -0.25) is 0 Å². The summed E-state index contributed by atoms with van der Waals surface area (Å²) in [6.07, 6.45) is 5.62. The highest BCUT2D eigenvalue weighted by Crippen LogP contribution is 2.19. The van der Waals surface area contributed by atoms with Gasteiger partial charge in [0.1, 0.15) is 11.5 Å². The third-order valence-electron chi connectivity index (χ3n) is 3.77. The number of piperidine rings is 1. The van der Waals surface area contributed by atoms with Crippen molar-refractivity contribution in [1.82, 2.24) is 14.9 Å². The molecule has 1 aromatic heterocycles. The van der Waals surface area contributed by atoms with Crippen molar-refractivity contribution >= 4 is 11.7 Å². The van der Waals surface area contributed by atoms with Gasteiger partial charge in [-0.05, 0) is 38.9 Å². The second kappa shape index (κ2) is 6.51. The molecule has 3 N–H and O–H groups in total. The Kier molecular flexibility index (Phi) is 4.73. The summed E-state index contributed by atoms with van der Waals surface area (Å²) in [5.41, 5.74) is 5.84. The van der Waals surface area contributed by atoms with Gasteiger partial charge in [-0.1, -0.05) is 5.16 Å². The van der Waals surface area contributed by atoms with Gasteiger partial charge in [-0.2, -0.15) is 0 Å². The van der Waals surface area contributed by atoms with E-state index in [1.807, 2.05) is 7.05 Å². The molecular weight excluding hydrogens is 256 g/mol. The lowest BCUT2D eigenvalue weighted by molar-refractivity contribution is 0.222. The van der Waals surface area contributed by atoms with Crippen LogP contribution in [0.25, 0.3) is 0 Å². The largest absolute Gasteiger partial charge is 0.409 e.